The number of fused-ring (bicyclic) bond motifs is 1. The lowest BCUT2D eigenvalue weighted by Crippen LogP contribution is -2.50. The van der Waals surface area contributed by atoms with Gasteiger partial charge in [-0.1, -0.05) is 26.7 Å². The lowest BCUT2D eigenvalue weighted by atomic mass is 9.46. The van der Waals surface area contributed by atoms with Crippen LogP contribution in [0.2, 0.25) is 0 Å². The first kappa shape index (κ1) is 11.8. The van der Waals surface area contributed by atoms with Gasteiger partial charge in [0, 0.05) is 0 Å². The standard InChI is InChI=1S/C18H30/c1-3-9-17-10-4-5-16(15(17)8-11-17)18(12-13(18)2)14-6-7-14/h13-16H,3-12H2,1-2H3. The fourth-order valence-corrected chi connectivity index (χ4v) is 6.59. The molecule has 4 fully saturated rings. The second-order valence-corrected chi connectivity index (χ2v) is 8.25. The number of rotatable bonds is 4. The lowest BCUT2D eigenvalue weighted by Gasteiger charge is -2.59. The largest absolute Gasteiger partial charge is 0.0654 e. The zero-order valence-corrected chi connectivity index (χ0v) is 12.4. The van der Waals surface area contributed by atoms with E-state index in [2.05, 4.69) is 13.8 Å². The van der Waals surface area contributed by atoms with Gasteiger partial charge in [-0.05, 0) is 85.9 Å². The molecule has 5 unspecified atom stereocenters. The van der Waals surface area contributed by atoms with Crippen molar-refractivity contribution < 1.29 is 0 Å². The summed E-state index contributed by atoms with van der Waals surface area (Å²) in [6, 6.07) is 0. The highest BCUT2D eigenvalue weighted by atomic mass is 14.7. The van der Waals surface area contributed by atoms with Crippen LogP contribution in [0.25, 0.3) is 0 Å². The van der Waals surface area contributed by atoms with Crippen molar-refractivity contribution >= 4 is 0 Å². The Morgan fingerprint density at radius 1 is 1.00 bits per heavy atom. The minimum Gasteiger partial charge on any atom is -0.0654 e. The van der Waals surface area contributed by atoms with Crippen molar-refractivity contribution in [2.24, 2.45) is 34.5 Å². The molecular weight excluding hydrogens is 216 g/mol. The van der Waals surface area contributed by atoms with Gasteiger partial charge in [0.15, 0.2) is 0 Å². The van der Waals surface area contributed by atoms with Crippen molar-refractivity contribution in [2.45, 2.75) is 78.1 Å². The van der Waals surface area contributed by atoms with Crippen LogP contribution in [0.5, 0.6) is 0 Å². The molecule has 0 aliphatic heterocycles. The molecule has 0 aromatic rings. The van der Waals surface area contributed by atoms with Crippen LogP contribution in [0.1, 0.15) is 78.1 Å². The van der Waals surface area contributed by atoms with Crippen LogP contribution in [-0.2, 0) is 0 Å². The summed E-state index contributed by atoms with van der Waals surface area (Å²) in [7, 11) is 0. The minimum absolute atomic E-state index is 0.835. The van der Waals surface area contributed by atoms with Gasteiger partial charge < -0.3 is 0 Å². The maximum atomic E-state index is 2.56. The van der Waals surface area contributed by atoms with Crippen molar-refractivity contribution in [1.82, 2.24) is 0 Å². The molecule has 4 aliphatic carbocycles. The van der Waals surface area contributed by atoms with Gasteiger partial charge in [-0.15, -0.1) is 0 Å². The quantitative estimate of drug-likeness (QED) is 0.621. The van der Waals surface area contributed by atoms with Crippen LogP contribution in [0.3, 0.4) is 0 Å². The van der Waals surface area contributed by atoms with Crippen LogP contribution in [0, 0.1) is 34.5 Å². The molecule has 0 aromatic heterocycles. The van der Waals surface area contributed by atoms with E-state index in [0.717, 1.165) is 34.5 Å². The maximum absolute atomic E-state index is 2.56. The average molecular weight is 246 g/mol. The topological polar surface area (TPSA) is 0 Å². The summed E-state index contributed by atoms with van der Waals surface area (Å²) in [6.07, 6.45) is 15.6. The Labute approximate surface area is 113 Å². The Hall–Kier alpha value is 0. The maximum Gasteiger partial charge on any atom is -0.0209 e. The second-order valence-electron chi connectivity index (χ2n) is 8.25. The molecule has 0 nitrogen and oxygen atoms in total. The normalized spacial score (nSPS) is 54.7. The minimum atomic E-state index is 0.835. The number of hydrogen-bond acceptors (Lipinski definition) is 0. The van der Waals surface area contributed by atoms with E-state index in [4.69, 9.17) is 0 Å². The Morgan fingerprint density at radius 3 is 2.28 bits per heavy atom. The van der Waals surface area contributed by atoms with Crippen LogP contribution >= 0.6 is 0 Å². The molecular formula is C18H30. The molecule has 0 heteroatoms. The van der Waals surface area contributed by atoms with E-state index in [-0.39, 0.29) is 0 Å². The summed E-state index contributed by atoms with van der Waals surface area (Å²) in [5.74, 6) is 4.54. The average Bonchev–Trinajstić information content (AvgIpc) is 3.18. The van der Waals surface area contributed by atoms with Crippen molar-refractivity contribution in [3.8, 4) is 0 Å². The SMILES string of the molecule is CCCC12CCCC(C3(C4CC4)CC3C)C1CC2. The molecule has 0 spiro atoms. The summed E-state index contributed by atoms with van der Waals surface area (Å²) >= 11 is 0. The van der Waals surface area contributed by atoms with Crippen molar-refractivity contribution in [3.63, 3.8) is 0 Å². The van der Waals surface area contributed by atoms with Gasteiger partial charge >= 0.3 is 0 Å². The Bertz CT molecular complexity index is 338. The summed E-state index contributed by atoms with van der Waals surface area (Å²) in [4.78, 5) is 0. The number of hydrogen-bond donors (Lipinski definition) is 0. The molecule has 102 valence electrons. The van der Waals surface area contributed by atoms with Crippen LogP contribution in [0.4, 0.5) is 0 Å². The Kier molecular flexibility index (Phi) is 2.47. The zero-order valence-electron chi connectivity index (χ0n) is 12.4. The molecule has 0 heterocycles. The third kappa shape index (κ3) is 1.38. The monoisotopic (exact) mass is 246 g/mol. The Balaban J connectivity index is 1.58. The van der Waals surface area contributed by atoms with Crippen molar-refractivity contribution in [2.75, 3.05) is 0 Å². The fourth-order valence-electron chi connectivity index (χ4n) is 6.59. The van der Waals surface area contributed by atoms with Crippen molar-refractivity contribution in [3.05, 3.63) is 0 Å². The molecule has 0 radical (unpaired) electrons. The fraction of sp³-hybridized carbons (Fsp3) is 1.00. The predicted octanol–water partition coefficient (Wildman–Crippen LogP) is 5.42. The van der Waals surface area contributed by atoms with Gasteiger partial charge in [-0.3, -0.25) is 0 Å². The summed E-state index contributed by atoms with van der Waals surface area (Å²) < 4.78 is 0. The van der Waals surface area contributed by atoms with E-state index in [9.17, 15) is 0 Å². The van der Waals surface area contributed by atoms with E-state index >= 15 is 0 Å². The molecule has 0 amide bonds. The predicted molar refractivity (Wildman–Crippen MR) is 76.3 cm³/mol. The van der Waals surface area contributed by atoms with Gasteiger partial charge in [0.2, 0.25) is 0 Å². The molecule has 0 bridgehead atoms. The zero-order chi connectivity index (χ0) is 12.4. The van der Waals surface area contributed by atoms with Gasteiger partial charge in [0.05, 0.1) is 0 Å². The van der Waals surface area contributed by atoms with Crippen LogP contribution in [-0.4, -0.2) is 0 Å². The van der Waals surface area contributed by atoms with E-state index in [1.165, 1.54) is 6.42 Å². The molecule has 4 rings (SSSR count). The first-order valence-corrected chi connectivity index (χ1v) is 8.73. The highest BCUT2D eigenvalue weighted by Crippen LogP contribution is 2.76. The molecule has 0 N–H and O–H groups in total. The van der Waals surface area contributed by atoms with Crippen LogP contribution in [0.15, 0.2) is 0 Å². The third-order valence-electron chi connectivity index (χ3n) is 7.61. The molecule has 5 atom stereocenters. The van der Waals surface area contributed by atoms with E-state index in [1.54, 1.807) is 57.8 Å². The lowest BCUT2D eigenvalue weighted by molar-refractivity contribution is -0.0926. The highest BCUT2D eigenvalue weighted by molar-refractivity contribution is 5.16. The molecule has 0 saturated heterocycles. The smallest absolute Gasteiger partial charge is 0.0209 e. The third-order valence-corrected chi connectivity index (χ3v) is 7.61. The van der Waals surface area contributed by atoms with Crippen LogP contribution < -0.4 is 0 Å². The first-order valence-electron chi connectivity index (χ1n) is 8.73. The highest BCUT2D eigenvalue weighted by Gasteiger charge is 2.68. The summed E-state index contributed by atoms with van der Waals surface area (Å²) in [5, 5.41) is 0. The summed E-state index contributed by atoms with van der Waals surface area (Å²) in [6.45, 7) is 4.97. The molecule has 4 saturated carbocycles. The van der Waals surface area contributed by atoms with Gasteiger partial charge in [-0.25, -0.2) is 0 Å². The van der Waals surface area contributed by atoms with E-state index in [1.807, 2.05) is 0 Å². The Morgan fingerprint density at radius 2 is 1.78 bits per heavy atom. The van der Waals surface area contributed by atoms with Crippen molar-refractivity contribution in [1.29, 1.82) is 0 Å². The molecule has 18 heavy (non-hydrogen) atoms. The summed E-state index contributed by atoms with van der Waals surface area (Å²) in [5.41, 5.74) is 1.70. The second kappa shape index (κ2) is 3.76. The van der Waals surface area contributed by atoms with Gasteiger partial charge in [-0.2, -0.15) is 0 Å². The first-order chi connectivity index (χ1) is 8.73. The molecule has 0 aromatic carbocycles. The molecule has 4 aliphatic rings. The van der Waals surface area contributed by atoms with E-state index in [0.29, 0.717) is 0 Å². The van der Waals surface area contributed by atoms with Gasteiger partial charge in [0.25, 0.3) is 0 Å². The van der Waals surface area contributed by atoms with Gasteiger partial charge in [0.1, 0.15) is 0 Å². The van der Waals surface area contributed by atoms with E-state index < -0.39 is 0 Å².